The molecule has 3 rings (SSSR count). The van der Waals surface area contributed by atoms with Crippen molar-refractivity contribution in [3.8, 4) is 0 Å². The maximum absolute atomic E-state index is 5.78. The Kier molecular flexibility index (Phi) is 3.96. The molecular formula is C15H23N7. The van der Waals surface area contributed by atoms with Gasteiger partial charge in [0.15, 0.2) is 0 Å². The lowest BCUT2D eigenvalue weighted by Gasteiger charge is -2.33. The SMILES string of the molecule is Cc1cc(N2CCC[C@@H](Cn3nc(C)nc3C)C2)nc(N)n1. The Morgan fingerprint density at radius 3 is 2.73 bits per heavy atom. The molecular weight excluding hydrogens is 278 g/mol. The Labute approximate surface area is 130 Å². The molecule has 0 unspecified atom stereocenters. The molecule has 3 heterocycles. The summed E-state index contributed by atoms with van der Waals surface area (Å²) in [6.07, 6.45) is 2.36. The molecule has 7 heteroatoms. The quantitative estimate of drug-likeness (QED) is 0.924. The second-order valence-corrected chi connectivity index (χ2v) is 6.07. The van der Waals surface area contributed by atoms with Crippen LogP contribution in [0, 0.1) is 26.7 Å². The molecule has 1 saturated heterocycles. The van der Waals surface area contributed by atoms with Gasteiger partial charge in [0, 0.05) is 31.4 Å². The second-order valence-electron chi connectivity index (χ2n) is 6.07. The zero-order valence-corrected chi connectivity index (χ0v) is 13.5. The highest BCUT2D eigenvalue weighted by atomic mass is 15.3. The molecule has 1 aliphatic rings. The van der Waals surface area contributed by atoms with Crippen LogP contribution >= 0.6 is 0 Å². The van der Waals surface area contributed by atoms with Crippen LogP contribution in [0.25, 0.3) is 0 Å². The maximum Gasteiger partial charge on any atom is 0.222 e. The van der Waals surface area contributed by atoms with E-state index < -0.39 is 0 Å². The van der Waals surface area contributed by atoms with Crippen LogP contribution in [0.2, 0.25) is 0 Å². The predicted molar refractivity (Wildman–Crippen MR) is 85.6 cm³/mol. The van der Waals surface area contributed by atoms with Crippen molar-refractivity contribution in [1.29, 1.82) is 0 Å². The van der Waals surface area contributed by atoms with E-state index >= 15 is 0 Å². The van der Waals surface area contributed by atoms with Crippen molar-refractivity contribution in [2.75, 3.05) is 23.7 Å². The van der Waals surface area contributed by atoms with Crippen molar-refractivity contribution in [2.45, 2.75) is 40.2 Å². The topological polar surface area (TPSA) is 85.8 Å². The summed E-state index contributed by atoms with van der Waals surface area (Å²) in [6.45, 7) is 8.78. The second kappa shape index (κ2) is 5.90. The van der Waals surface area contributed by atoms with Gasteiger partial charge < -0.3 is 10.6 Å². The highest BCUT2D eigenvalue weighted by Crippen LogP contribution is 2.23. The largest absolute Gasteiger partial charge is 0.368 e. The Morgan fingerprint density at radius 2 is 2.05 bits per heavy atom. The molecule has 0 bridgehead atoms. The van der Waals surface area contributed by atoms with Gasteiger partial charge in [-0.3, -0.25) is 0 Å². The molecule has 1 atom stereocenters. The van der Waals surface area contributed by atoms with Crippen LogP contribution in [-0.4, -0.2) is 37.8 Å². The summed E-state index contributed by atoms with van der Waals surface area (Å²) in [7, 11) is 0. The van der Waals surface area contributed by atoms with Crippen LogP contribution < -0.4 is 10.6 Å². The van der Waals surface area contributed by atoms with Gasteiger partial charge in [-0.05, 0) is 39.5 Å². The molecule has 2 aromatic rings. The summed E-state index contributed by atoms with van der Waals surface area (Å²) in [5.74, 6) is 3.65. The van der Waals surface area contributed by atoms with Crippen LogP contribution in [0.15, 0.2) is 6.07 Å². The fraction of sp³-hybridized carbons (Fsp3) is 0.600. The molecule has 0 saturated carbocycles. The van der Waals surface area contributed by atoms with Gasteiger partial charge in [0.05, 0.1) is 0 Å². The number of anilines is 2. The normalized spacial score (nSPS) is 18.7. The van der Waals surface area contributed by atoms with Crippen LogP contribution in [-0.2, 0) is 6.54 Å². The first-order chi connectivity index (χ1) is 10.5. The molecule has 0 aromatic carbocycles. The molecule has 22 heavy (non-hydrogen) atoms. The Hall–Kier alpha value is -2.18. The van der Waals surface area contributed by atoms with Gasteiger partial charge in [0.2, 0.25) is 5.95 Å². The van der Waals surface area contributed by atoms with E-state index in [0.29, 0.717) is 11.9 Å². The molecule has 0 spiro atoms. The van der Waals surface area contributed by atoms with E-state index in [4.69, 9.17) is 5.73 Å². The molecule has 0 radical (unpaired) electrons. The van der Waals surface area contributed by atoms with E-state index in [1.165, 1.54) is 6.42 Å². The zero-order chi connectivity index (χ0) is 15.7. The first kappa shape index (κ1) is 14.7. The van der Waals surface area contributed by atoms with E-state index in [2.05, 4.69) is 25.0 Å². The van der Waals surface area contributed by atoms with Crippen LogP contribution in [0.5, 0.6) is 0 Å². The number of rotatable bonds is 3. The Balaban J connectivity index is 1.72. The number of nitrogen functional groups attached to an aromatic ring is 1. The Bertz CT molecular complexity index is 644. The first-order valence-electron chi connectivity index (χ1n) is 7.75. The van der Waals surface area contributed by atoms with Gasteiger partial charge in [-0.25, -0.2) is 14.6 Å². The van der Waals surface area contributed by atoms with Gasteiger partial charge in [0.25, 0.3) is 0 Å². The van der Waals surface area contributed by atoms with Gasteiger partial charge >= 0.3 is 0 Å². The smallest absolute Gasteiger partial charge is 0.222 e. The van der Waals surface area contributed by atoms with Crippen molar-refractivity contribution in [3.63, 3.8) is 0 Å². The van der Waals surface area contributed by atoms with Gasteiger partial charge in [0.1, 0.15) is 17.5 Å². The monoisotopic (exact) mass is 301 g/mol. The molecule has 118 valence electrons. The van der Waals surface area contributed by atoms with Crippen LogP contribution in [0.1, 0.15) is 30.2 Å². The highest BCUT2D eigenvalue weighted by molar-refractivity contribution is 5.43. The van der Waals surface area contributed by atoms with Crippen molar-refractivity contribution in [1.82, 2.24) is 24.7 Å². The van der Waals surface area contributed by atoms with Crippen molar-refractivity contribution < 1.29 is 0 Å². The summed E-state index contributed by atoms with van der Waals surface area (Å²) >= 11 is 0. The van der Waals surface area contributed by atoms with Gasteiger partial charge in [-0.1, -0.05) is 0 Å². The third kappa shape index (κ3) is 3.18. The van der Waals surface area contributed by atoms with E-state index in [1.54, 1.807) is 0 Å². The number of hydrogen-bond donors (Lipinski definition) is 1. The number of aromatic nitrogens is 5. The average Bonchev–Trinajstić information content (AvgIpc) is 2.76. The summed E-state index contributed by atoms with van der Waals surface area (Å²) in [4.78, 5) is 15.2. The maximum atomic E-state index is 5.78. The lowest BCUT2D eigenvalue weighted by atomic mass is 9.98. The average molecular weight is 301 g/mol. The number of nitrogens with two attached hydrogens (primary N) is 1. The van der Waals surface area contributed by atoms with Crippen molar-refractivity contribution in [3.05, 3.63) is 23.4 Å². The zero-order valence-electron chi connectivity index (χ0n) is 13.5. The molecule has 1 aliphatic heterocycles. The molecule has 1 fully saturated rings. The minimum Gasteiger partial charge on any atom is -0.368 e. The van der Waals surface area contributed by atoms with E-state index in [9.17, 15) is 0 Å². The summed E-state index contributed by atoms with van der Waals surface area (Å²) < 4.78 is 2.02. The highest BCUT2D eigenvalue weighted by Gasteiger charge is 2.22. The number of aryl methyl sites for hydroxylation is 3. The van der Waals surface area contributed by atoms with Gasteiger partial charge in [-0.2, -0.15) is 10.1 Å². The first-order valence-corrected chi connectivity index (χ1v) is 7.75. The predicted octanol–water partition coefficient (Wildman–Crippen LogP) is 1.49. The number of nitrogens with zero attached hydrogens (tertiary/aromatic N) is 6. The van der Waals surface area contributed by atoms with E-state index in [-0.39, 0.29) is 0 Å². The standard InChI is InChI=1S/C15H23N7/c1-10-7-14(19-15(16)17-10)21-6-4-5-13(8-21)9-22-12(3)18-11(2)20-22/h7,13H,4-6,8-9H2,1-3H3,(H2,16,17,19)/t13-/m1/s1. The molecule has 0 aliphatic carbocycles. The van der Waals surface area contributed by atoms with Crippen molar-refractivity contribution in [2.24, 2.45) is 5.92 Å². The molecule has 7 nitrogen and oxygen atoms in total. The fourth-order valence-corrected chi connectivity index (χ4v) is 3.14. The van der Waals surface area contributed by atoms with Crippen LogP contribution in [0.4, 0.5) is 11.8 Å². The lowest BCUT2D eigenvalue weighted by molar-refractivity contribution is 0.346. The van der Waals surface area contributed by atoms with Crippen LogP contribution in [0.3, 0.4) is 0 Å². The third-order valence-corrected chi connectivity index (χ3v) is 4.09. The van der Waals surface area contributed by atoms with E-state index in [0.717, 1.165) is 49.2 Å². The summed E-state index contributed by atoms with van der Waals surface area (Å²) in [5.41, 5.74) is 6.69. The van der Waals surface area contributed by atoms with Gasteiger partial charge in [-0.15, -0.1) is 0 Å². The molecule has 0 amide bonds. The minimum atomic E-state index is 0.347. The number of piperidine rings is 1. The number of hydrogen-bond acceptors (Lipinski definition) is 6. The fourth-order valence-electron chi connectivity index (χ4n) is 3.14. The Morgan fingerprint density at radius 1 is 1.23 bits per heavy atom. The summed E-state index contributed by atoms with van der Waals surface area (Å²) in [6, 6.07) is 2.00. The molecule has 2 aromatic heterocycles. The lowest BCUT2D eigenvalue weighted by Crippen LogP contribution is -2.38. The third-order valence-electron chi connectivity index (χ3n) is 4.09. The summed E-state index contributed by atoms with van der Waals surface area (Å²) in [5, 5.41) is 4.47. The molecule has 2 N–H and O–H groups in total. The van der Waals surface area contributed by atoms with Crippen molar-refractivity contribution >= 4 is 11.8 Å². The minimum absolute atomic E-state index is 0.347. The van der Waals surface area contributed by atoms with E-state index in [1.807, 2.05) is 31.5 Å².